The first-order valence-corrected chi connectivity index (χ1v) is 5.55. The summed E-state index contributed by atoms with van der Waals surface area (Å²) in [5, 5.41) is 0. The van der Waals surface area contributed by atoms with Crippen molar-refractivity contribution in [3.05, 3.63) is 0 Å². The standard InChI is InChI=1S/C9H17NO2S2/c1-5(3-4-7(13)14)8(6(2)11)9(10)12/h5,7-8,13-14H,3-4H2,1-2H3,(H2,10,12). The molecular formula is C9H17NO2S2. The first kappa shape index (κ1) is 13.8. The smallest absolute Gasteiger partial charge is 0.228 e. The fourth-order valence-electron chi connectivity index (χ4n) is 1.46. The minimum atomic E-state index is -0.671. The molecule has 5 heteroatoms. The van der Waals surface area contributed by atoms with Gasteiger partial charge in [-0.1, -0.05) is 6.92 Å². The van der Waals surface area contributed by atoms with Crippen LogP contribution in [0.1, 0.15) is 26.7 Å². The van der Waals surface area contributed by atoms with Crippen molar-refractivity contribution in [3.8, 4) is 0 Å². The van der Waals surface area contributed by atoms with Crippen molar-refractivity contribution in [1.29, 1.82) is 0 Å². The lowest BCUT2D eigenvalue weighted by atomic mass is 9.87. The molecule has 0 aromatic heterocycles. The van der Waals surface area contributed by atoms with Gasteiger partial charge in [0.1, 0.15) is 5.78 Å². The first-order valence-electron chi connectivity index (χ1n) is 4.52. The number of Topliss-reactive ketones (excluding diaryl/α,β-unsaturated/α-hetero) is 1. The average molecular weight is 235 g/mol. The second-order valence-electron chi connectivity index (χ2n) is 3.53. The topological polar surface area (TPSA) is 60.2 Å². The Kier molecular flexibility index (Phi) is 6.27. The molecule has 0 aliphatic heterocycles. The van der Waals surface area contributed by atoms with Gasteiger partial charge in [0, 0.05) is 4.58 Å². The molecule has 0 aromatic rings. The van der Waals surface area contributed by atoms with E-state index >= 15 is 0 Å². The van der Waals surface area contributed by atoms with Crippen LogP contribution in [0.5, 0.6) is 0 Å². The Morgan fingerprint density at radius 3 is 2.07 bits per heavy atom. The van der Waals surface area contributed by atoms with Crippen LogP contribution in [-0.4, -0.2) is 16.3 Å². The Morgan fingerprint density at radius 2 is 1.79 bits per heavy atom. The number of thiol groups is 2. The van der Waals surface area contributed by atoms with Crippen LogP contribution in [0.3, 0.4) is 0 Å². The summed E-state index contributed by atoms with van der Waals surface area (Å²) in [5.74, 6) is -1.41. The van der Waals surface area contributed by atoms with Crippen molar-refractivity contribution in [2.45, 2.75) is 31.3 Å². The van der Waals surface area contributed by atoms with Gasteiger partial charge < -0.3 is 5.73 Å². The van der Waals surface area contributed by atoms with Crippen LogP contribution in [0.25, 0.3) is 0 Å². The minimum absolute atomic E-state index is 0.0158. The minimum Gasteiger partial charge on any atom is -0.369 e. The Hall–Kier alpha value is -0.160. The molecule has 0 aliphatic carbocycles. The van der Waals surface area contributed by atoms with E-state index in [1.807, 2.05) is 6.92 Å². The maximum Gasteiger partial charge on any atom is 0.228 e. The van der Waals surface area contributed by atoms with Gasteiger partial charge in [-0.05, 0) is 25.7 Å². The molecule has 2 unspecified atom stereocenters. The second kappa shape index (κ2) is 6.35. The second-order valence-corrected chi connectivity index (χ2v) is 5.18. The molecule has 3 nitrogen and oxygen atoms in total. The summed E-state index contributed by atoms with van der Waals surface area (Å²) >= 11 is 8.22. The fourth-order valence-corrected chi connectivity index (χ4v) is 1.76. The van der Waals surface area contributed by atoms with Crippen molar-refractivity contribution in [1.82, 2.24) is 0 Å². The van der Waals surface area contributed by atoms with E-state index in [0.717, 1.165) is 12.8 Å². The summed E-state index contributed by atoms with van der Waals surface area (Å²) < 4.78 is -0.0158. The molecule has 0 aliphatic rings. The zero-order chi connectivity index (χ0) is 11.3. The van der Waals surface area contributed by atoms with Crippen LogP contribution in [-0.2, 0) is 9.59 Å². The summed E-state index contributed by atoms with van der Waals surface area (Å²) in [6.07, 6.45) is 1.48. The first-order chi connectivity index (χ1) is 6.36. The van der Waals surface area contributed by atoms with Crippen LogP contribution >= 0.6 is 25.3 Å². The van der Waals surface area contributed by atoms with E-state index in [0.29, 0.717) is 0 Å². The number of nitrogens with two attached hydrogens (primary N) is 1. The summed E-state index contributed by atoms with van der Waals surface area (Å²) in [5.41, 5.74) is 5.15. The lowest BCUT2D eigenvalue weighted by molar-refractivity contribution is -0.133. The molecule has 14 heavy (non-hydrogen) atoms. The van der Waals surface area contributed by atoms with E-state index in [1.165, 1.54) is 6.92 Å². The van der Waals surface area contributed by atoms with Crippen LogP contribution in [0.4, 0.5) is 0 Å². The van der Waals surface area contributed by atoms with Gasteiger partial charge in [-0.15, -0.1) is 0 Å². The van der Waals surface area contributed by atoms with Crippen LogP contribution in [0, 0.1) is 11.8 Å². The van der Waals surface area contributed by atoms with E-state index < -0.39 is 11.8 Å². The van der Waals surface area contributed by atoms with Gasteiger partial charge in [0.25, 0.3) is 0 Å². The van der Waals surface area contributed by atoms with E-state index in [2.05, 4.69) is 25.3 Å². The number of primary amides is 1. The number of hydrogen-bond donors (Lipinski definition) is 3. The third-order valence-corrected chi connectivity index (χ3v) is 2.71. The largest absolute Gasteiger partial charge is 0.369 e. The third-order valence-electron chi connectivity index (χ3n) is 2.19. The summed E-state index contributed by atoms with van der Waals surface area (Å²) in [7, 11) is 0. The predicted molar refractivity (Wildman–Crippen MR) is 63.5 cm³/mol. The molecule has 1 amide bonds. The molecular weight excluding hydrogens is 218 g/mol. The van der Waals surface area contributed by atoms with E-state index in [1.54, 1.807) is 0 Å². The van der Waals surface area contributed by atoms with Crippen LogP contribution in [0.15, 0.2) is 0 Å². The molecule has 0 bridgehead atoms. The van der Waals surface area contributed by atoms with Gasteiger partial charge in [-0.25, -0.2) is 0 Å². The predicted octanol–water partition coefficient (Wildman–Crippen LogP) is 1.28. The molecule has 0 heterocycles. The molecule has 0 saturated heterocycles. The highest BCUT2D eigenvalue weighted by Gasteiger charge is 2.27. The quantitative estimate of drug-likeness (QED) is 0.369. The fraction of sp³-hybridized carbons (Fsp3) is 0.778. The lowest BCUT2D eigenvalue weighted by Gasteiger charge is -2.18. The van der Waals surface area contributed by atoms with E-state index in [4.69, 9.17) is 5.73 Å². The van der Waals surface area contributed by atoms with Gasteiger partial charge >= 0.3 is 0 Å². The summed E-state index contributed by atoms with van der Waals surface area (Å²) in [4.78, 5) is 22.1. The third kappa shape index (κ3) is 4.91. The maximum atomic E-state index is 11.1. The van der Waals surface area contributed by atoms with E-state index in [9.17, 15) is 9.59 Å². The summed E-state index contributed by atoms with van der Waals surface area (Å²) in [6.45, 7) is 3.24. The van der Waals surface area contributed by atoms with Gasteiger partial charge in [0.15, 0.2) is 0 Å². The molecule has 0 rings (SSSR count). The number of carbonyl (C=O) groups excluding carboxylic acids is 2. The summed E-state index contributed by atoms with van der Waals surface area (Å²) in [6, 6.07) is 0. The maximum absolute atomic E-state index is 11.1. The lowest BCUT2D eigenvalue weighted by Crippen LogP contribution is -2.34. The Balaban J connectivity index is 4.23. The van der Waals surface area contributed by atoms with Crippen LogP contribution < -0.4 is 5.73 Å². The molecule has 0 saturated carbocycles. The Bertz CT molecular complexity index is 205. The van der Waals surface area contributed by atoms with Crippen molar-refractivity contribution in [3.63, 3.8) is 0 Å². The number of amides is 1. The molecule has 0 aromatic carbocycles. The number of carbonyl (C=O) groups is 2. The molecule has 2 N–H and O–H groups in total. The van der Waals surface area contributed by atoms with Crippen LogP contribution in [0.2, 0.25) is 0 Å². The van der Waals surface area contributed by atoms with Gasteiger partial charge in [-0.2, -0.15) is 25.3 Å². The normalized spacial score (nSPS) is 15.2. The Morgan fingerprint density at radius 1 is 1.29 bits per heavy atom. The number of rotatable bonds is 6. The molecule has 0 radical (unpaired) electrons. The highest BCUT2D eigenvalue weighted by atomic mass is 32.2. The monoisotopic (exact) mass is 235 g/mol. The van der Waals surface area contributed by atoms with Crippen molar-refractivity contribution < 1.29 is 9.59 Å². The van der Waals surface area contributed by atoms with E-state index in [-0.39, 0.29) is 16.3 Å². The molecule has 0 fully saturated rings. The number of ketones is 1. The van der Waals surface area contributed by atoms with Gasteiger partial charge in [0.2, 0.25) is 5.91 Å². The van der Waals surface area contributed by atoms with Gasteiger partial charge in [0.05, 0.1) is 5.92 Å². The van der Waals surface area contributed by atoms with Crippen molar-refractivity contribution in [2.24, 2.45) is 17.6 Å². The zero-order valence-corrected chi connectivity index (χ0v) is 10.2. The average Bonchev–Trinajstić information content (AvgIpc) is 1.99. The van der Waals surface area contributed by atoms with Gasteiger partial charge in [-0.3, -0.25) is 9.59 Å². The zero-order valence-electron chi connectivity index (χ0n) is 8.43. The molecule has 82 valence electrons. The van der Waals surface area contributed by atoms with Crippen molar-refractivity contribution >= 4 is 36.9 Å². The highest BCUT2D eigenvalue weighted by molar-refractivity contribution is 7.99. The Labute approximate surface area is 95.6 Å². The molecule has 2 atom stereocenters. The number of hydrogen-bond acceptors (Lipinski definition) is 4. The highest BCUT2D eigenvalue weighted by Crippen LogP contribution is 2.21. The van der Waals surface area contributed by atoms with Crippen molar-refractivity contribution in [2.75, 3.05) is 0 Å². The SMILES string of the molecule is CC(=O)C(C(N)=O)C(C)CCC(S)S. The molecule has 0 spiro atoms.